The minimum Gasteiger partial charge on any atom is -0.508 e. The zero-order valence-corrected chi connectivity index (χ0v) is 10.6. The van der Waals surface area contributed by atoms with Crippen LogP contribution in [0.1, 0.15) is 38.2 Å². The van der Waals surface area contributed by atoms with Crippen LogP contribution in [0, 0.1) is 11.8 Å². The normalized spacial score (nSPS) is 29.2. The van der Waals surface area contributed by atoms with Gasteiger partial charge in [0.15, 0.2) is 0 Å². The van der Waals surface area contributed by atoms with Crippen LogP contribution in [0.3, 0.4) is 0 Å². The van der Waals surface area contributed by atoms with Gasteiger partial charge in [-0.3, -0.25) is 0 Å². The highest BCUT2D eigenvalue weighted by Crippen LogP contribution is 2.32. The number of rotatable bonds is 3. The highest BCUT2D eigenvalue weighted by atomic mass is 16.3. The molecular formula is C15H23NO. The number of phenols is 1. The van der Waals surface area contributed by atoms with Gasteiger partial charge < -0.3 is 10.8 Å². The lowest BCUT2D eigenvalue weighted by atomic mass is 9.75. The highest BCUT2D eigenvalue weighted by molar-refractivity contribution is 5.26. The molecule has 1 aromatic carbocycles. The lowest BCUT2D eigenvalue weighted by molar-refractivity contribution is 0.227. The molecule has 0 heterocycles. The summed E-state index contributed by atoms with van der Waals surface area (Å²) in [6.07, 6.45) is 6.06. The van der Waals surface area contributed by atoms with Crippen molar-refractivity contribution in [3.8, 4) is 5.75 Å². The summed E-state index contributed by atoms with van der Waals surface area (Å²) in [5.41, 5.74) is 7.52. The molecule has 3 N–H and O–H groups in total. The molecule has 0 amide bonds. The lowest BCUT2D eigenvalue weighted by Crippen LogP contribution is -2.37. The highest BCUT2D eigenvalue weighted by Gasteiger charge is 2.27. The van der Waals surface area contributed by atoms with Gasteiger partial charge in [-0.25, -0.2) is 0 Å². The van der Waals surface area contributed by atoms with Crippen molar-refractivity contribution in [1.82, 2.24) is 0 Å². The largest absolute Gasteiger partial charge is 0.508 e. The summed E-state index contributed by atoms with van der Waals surface area (Å²) in [5, 5.41) is 9.27. The SMILES string of the molecule is CCC1CCC(N)C(Cc2ccc(O)cc2)C1. The monoisotopic (exact) mass is 233 g/mol. The Kier molecular flexibility index (Phi) is 4.06. The first-order chi connectivity index (χ1) is 8.19. The van der Waals surface area contributed by atoms with E-state index >= 15 is 0 Å². The van der Waals surface area contributed by atoms with Crippen molar-refractivity contribution in [2.45, 2.75) is 45.1 Å². The average Bonchev–Trinajstić information content (AvgIpc) is 2.35. The van der Waals surface area contributed by atoms with Crippen LogP contribution in [0.4, 0.5) is 0 Å². The third-order valence-corrected chi connectivity index (χ3v) is 4.16. The summed E-state index contributed by atoms with van der Waals surface area (Å²) < 4.78 is 0. The smallest absolute Gasteiger partial charge is 0.115 e. The zero-order chi connectivity index (χ0) is 12.3. The molecule has 2 heteroatoms. The first kappa shape index (κ1) is 12.4. The maximum Gasteiger partial charge on any atom is 0.115 e. The molecule has 0 aromatic heterocycles. The van der Waals surface area contributed by atoms with Crippen molar-refractivity contribution in [2.75, 3.05) is 0 Å². The van der Waals surface area contributed by atoms with E-state index in [0.29, 0.717) is 17.7 Å². The lowest BCUT2D eigenvalue weighted by Gasteiger charge is -2.33. The maximum atomic E-state index is 9.27. The van der Waals surface area contributed by atoms with E-state index in [0.717, 1.165) is 12.3 Å². The fourth-order valence-corrected chi connectivity index (χ4v) is 2.92. The fourth-order valence-electron chi connectivity index (χ4n) is 2.92. The Balaban J connectivity index is 1.98. The molecule has 0 spiro atoms. The minimum absolute atomic E-state index is 0.341. The van der Waals surface area contributed by atoms with E-state index in [4.69, 9.17) is 5.73 Å². The number of benzene rings is 1. The molecule has 1 saturated carbocycles. The molecule has 2 rings (SSSR count). The minimum atomic E-state index is 0.341. The molecule has 1 aromatic rings. The number of hydrogen-bond donors (Lipinski definition) is 2. The summed E-state index contributed by atoms with van der Waals surface area (Å²) in [6.45, 7) is 2.28. The molecule has 0 aliphatic heterocycles. The Morgan fingerprint density at radius 3 is 2.59 bits per heavy atom. The summed E-state index contributed by atoms with van der Waals surface area (Å²) in [6, 6.07) is 7.91. The fraction of sp³-hybridized carbons (Fsp3) is 0.600. The molecule has 1 aliphatic carbocycles. The van der Waals surface area contributed by atoms with Gasteiger partial charge in [0, 0.05) is 6.04 Å². The predicted octanol–water partition coefficient (Wildman–Crippen LogP) is 3.09. The van der Waals surface area contributed by atoms with Crippen LogP contribution in [0.15, 0.2) is 24.3 Å². The number of nitrogens with two attached hydrogens (primary N) is 1. The van der Waals surface area contributed by atoms with Crippen molar-refractivity contribution >= 4 is 0 Å². The molecule has 0 bridgehead atoms. The Bertz CT molecular complexity index is 346. The van der Waals surface area contributed by atoms with Crippen LogP contribution in [0.5, 0.6) is 5.75 Å². The van der Waals surface area contributed by atoms with Gasteiger partial charge in [-0.1, -0.05) is 25.5 Å². The summed E-state index contributed by atoms with van der Waals surface area (Å²) >= 11 is 0. The molecule has 0 radical (unpaired) electrons. The topological polar surface area (TPSA) is 46.2 Å². The van der Waals surface area contributed by atoms with Gasteiger partial charge in [-0.05, 0) is 55.2 Å². The zero-order valence-electron chi connectivity index (χ0n) is 10.6. The first-order valence-corrected chi connectivity index (χ1v) is 6.72. The molecule has 1 aliphatic rings. The van der Waals surface area contributed by atoms with Crippen LogP contribution in [-0.2, 0) is 6.42 Å². The quantitative estimate of drug-likeness (QED) is 0.842. The van der Waals surface area contributed by atoms with E-state index in [2.05, 4.69) is 6.92 Å². The molecule has 0 saturated heterocycles. The van der Waals surface area contributed by atoms with Crippen LogP contribution in [-0.4, -0.2) is 11.1 Å². The third kappa shape index (κ3) is 3.22. The van der Waals surface area contributed by atoms with Crippen LogP contribution >= 0.6 is 0 Å². The number of hydrogen-bond acceptors (Lipinski definition) is 2. The van der Waals surface area contributed by atoms with Crippen molar-refractivity contribution < 1.29 is 5.11 Å². The summed E-state index contributed by atoms with van der Waals surface area (Å²) in [4.78, 5) is 0. The van der Waals surface area contributed by atoms with E-state index < -0.39 is 0 Å². The van der Waals surface area contributed by atoms with Crippen molar-refractivity contribution in [3.63, 3.8) is 0 Å². The van der Waals surface area contributed by atoms with E-state index in [9.17, 15) is 5.11 Å². The van der Waals surface area contributed by atoms with E-state index in [1.165, 1.54) is 31.2 Å². The Hall–Kier alpha value is -1.02. The molecule has 94 valence electrons. The van der Waals surface area contributed by atoms with Gasteiger partial charge in [0.1, 0.15) is 5.75 Å². The molecule has 3 unspecified atom stereocenters. The standard InChI is InChI=1S/C15H23NO/c1-2-11-5-8-15(16)13(9-11)10-12-3-6-14(17)7-4-12/h3-4,6-7,11,13,15,17H,2,5,8-10,16H2,1H3. The second-order valence-corrected chi connectivity index (χ2v) is 5.38. The van der Waals surface area contributed by atoms with Crippen molar-refractivity contribution in [3.05, 3.63) is 29.8 Å². The second-order valence-electron chi connectivity index (χ2n) is 5.38. The maximum absolute atomic E-state index is 9.27. The van der Waals surface area contributed by atoms with E-state index in [-0.39, 0.29) is 0 Å². The van der Waals surface area contributed by atoms with Gasteiger partial charge in [-0.15, -0.1) is 0 Å². The van der Waals surface area contributed by atoms with Crippen molar-refractivity contribution in [1.29, 1.82) is 0 Å². The molecule has 17 heavy (non-hydrogen) atoms. The van der Waals surface area contributed by atoms with Gasteiger partial charge in [0.2, 0.25) is 0 Å². The van der Waals surface area contributed by atoms with Crippen LogP contribution in [0.2, 0.25) is 0 Å². The van der Waals surface area contributed by atoms with Crippen molar-refractivity contribution in [2.24, 2.45) is 17.6 Å². The second kappa shape index (κ2) is 5.54. The summed E-state index contributed by atoms with van der Waals surface area (Å²) in [7, 11) is 0. The molecular weight excluding hydrogens is 210 g/mol. The Labute approximate surface area is 104 Å². The third-order valence-electron chi connectivity index (χ3n) is 4.16. The van der Waals surface area contributed by atoms with E-state index in [1.54, 1.807) is 12.1 Å². The average molecular weight is 233 g/mol. The number of aromatic hydroxyl groups is 1. The summed E-state index contributed by atoms with van der Waals surface area (Å²) in [5.74, 6) is 1.81. The van der Waals surface area contributed by atoms with Gasteiger partial charge in [0.25, 0.3) is 0 Å². The van der Waals surface area contributed by atoms with E-state index in [1.807, 2.05) is 12.1 Å². The van der Waals surface area contributed by atoms with Crippen LogP contribution in [0.25, 0.3) is 0 Å². The van der Waals surface area contributed by atoms with Crippen LogP contribution < -0.4 is 5.73 Å². The van der Waals surface area contributed by atoms with Gasteiger partial charge in [-0.2, -0.15) is 0 Å². The number of phenolic OH excluding ortho intramolecular Hbond substituents is 1. The first-order valence-electron chi connectivity index (χ1n) is 6.72. The Morgan fingerprint density at radius 2 is 1.94 bits per heavy atom. The molecule has 3 atom stereocenters. The van der Waals surface area contributed by atoms with Gasteiger partial charge >= 0.3 is 0 Å². The van der Waals surface area contributed by atoms with Gasteiger partial charge in [0.05, 0.1) is 0 Å². The molecule has 1 fully saturated rings. The predicted molar refractivity (Wildman–Crippen MR) is 70.9 cm³/mol. The Morgan fingerprint density at radius 1 is 1.24 bits per heavy atom. The molecule has 2 nitrogen and oxygen atoms in total.